The van der Waals surface area contributed by atoms with E-state index in [4.69, 9.17) is 4.74 Å². The number of benzene rings is 1. The summed E-state index contributed by atoms with van der Waals surface area (Å²) in [5.41, 5.74) is 1.13. The molecule has 2 rings (SSSR count). The molecule has 0 radical (unpaired) electrons. The highest BCUT2D eigenvalue weighted by Gasteiger charge is 2.32. The number of halogens is 1. The molecule has 22 heavy (non-hydrogen) atoms. The zero-order valence-corrected chi connectivity index (χ0v) is 16.6. The van der Waals surface area contributed by atoms with Crippen LogP contribution in [0.25, 0.3) is 0 Å². The first-order valence-electron chi connectivity index (χ1n) is 7.94. The number of hydrogen-bond acceptors (Lipinski definition) is 2. The highest BCUT2D eigenvalue weighted by atomic mass is 127. The van der Waals surface area contributed by atoms with E-state index < -0.39 is 0 Å². The zero-order valence-electron chi connectivity index (χ0n) is 13.6. The Kier molecular flexibility index (Phi) is 9.48. The molecule has 4 heteroatoms. The number of carbonyl (C=O) groups excluding carboxylic acids is 1. The van der Waals surface area contributed by atoms with E-state index in [9.17, 15) is 4.79 Å². The number of carbonyl (C=O) groups is 1. The SMILES string of the molecule is C[S+](C)CCOC(=O)C(c1ccccc1)C1CCCCC1.[I-]. The number of esters is 1. The highest BCUT2D eigenvalue weighted by molar-refractivity contribution is 7.95. The van der Waals surface area contributed by atoms with Crippen molar-refractivity contribution >= 4 is 16.9 Å². The van der Waals surface area contributed by atoms with Gasteiger partial charge < -0.3 is 28.7 Å². The first kappa shape index (κ1) is 19.8. The van der Waals surface area contributed by atoms with Gasteiger partial charge in [0.1, 0.15) is 12.4 Å². The predicted octanol–water partition coefficient (Wildman–Crippen LogP) is 0.776. The van der Waals surface area contributed by atoms with Gasteiger partial charge in [0.2, 0.25) is 0 Å². The molecule has 1 fully saturated rings. The van der Waals surface area contributed by atoms with Crippen LogP contribution in [0.1, 0.15) is 43.6 Å². The normalized spacial score (nSPS) is 16.9. The van der Waals surface area contributed by atoms with Gasteiger partial charge in [0.25, 0.3) is 0 Å². The van der Waals surface area contributed by atoms with Crippen molar-refractivity contribution in [1.29, 1.82) is 0 Å². The summed E-state index contributed by atoms with van der Waals surface area (Å²) in [6.07, 6.45) is 10.5. The summed E-state index contributed by atoms with van der Waals surface area (Å²) in [7, 11) is 0.328. The van der Waals surface area contributed by atoms with Crippen molar-refractivity contribution in [2.24, 2.45) is 5.92 Å². The third-order valence-corrected chi connectivity index (χ3v) is 5.25. The fraction of sp³-hybridized carbons (Fsp3) is 0.611. The Morgan fingerprint density at radius 1 is 1.18 bits per heavy atom. The molecule has 0 heterocycles. The molecule has 0 bridgehead atoms. The molecule has 0 amide bonds. The van der Waals surface area contributed by atoms with Crippen LogP contribution in [0, 0.1) is 5.92 Å². The van der Waals surface area contributed by atoms with Crippen molar-refractivity contribution in [3.05, 3.63) is 35.9 Å². The van der Waals surface area contributed by atoms with Gasteiger partial charge in [-0.25, -0.2) is 0 Å². The Morgan fingerprint density at radius 3 is 2.41 bits per heavy atom. The molecule has 2 nitrogen and oxygen atoms in total. The second-order valence-corrected chi connectivity index (χ2v) is 8.52. The lowest BCUT2D eigenvalue weighted by Crippen LogP contribution is -3.00. The molecule has 1 saturated carbocycles. The fourth-order valence-corrected chi connectivity index (χ4v) is 3.54. The van der Waals surface area contributed by atoms with E-state index in [-0.39, 0.29) is 35.9 Å². The minimum atomic E-state index is -0.0676. The van der Waals surface area contributed by atoms with E-state index in [1.54, 1.807) is 0 Å². The van der Waals surface area contributed by atoms with Crippen LogP contribution in [-0.4, -0.2) is 30.8 Å². The minimum absolute atomic E-state index is 0. The van der Waals surface area contributed by atoms with E-state index in [0.717, 1.165) is 24.2 Å². The van der Waals surface area contributed by atoms with Gasteiger partial charge in [0.05, 0.1) is 18.4 Å². The summed E-state index contributed by atoms with van der Waals surface area (Å²) >= 11 is 0. The molecular weight excluding hydrogens is 407 g/mol. The molecule has 124 valence electrons. The molecule has 1 aromatic rings. The molecule has 0 aliphatic heterocycles. The molecule has 1 aromatic carbocycles. The molecule has 0 N–H and O–H groups in total. The Hall–Kier alpha value is -0.230. The van der Waals surface area contributed by atoms with Crippen LogP contribution in [0.2, 0.25) is 0 Å². The minimum Gasteiger partial charge on any atom is -1.00 e. The van der Waals surface area contributed by atoms with Gasteiger partial charge >= 0.3 is 5.97 Å². The first-order valence-corrected chi connectivity index (χ1v) is 10.2. The molecule has 0 saturated heterocycles. The lowest BCUT2D eigenvalue weighted by molar-refractivity contribution is -0.146. The average Bonchev–Trinajstić information content (AvgIpc) is 2.49. The van der Waals surface area contributed by atoms with Crippen LogP contribution < -0.4 is 24.0 Å². The first-order chi connectivity index (χ1) is 10.2. The topological polar surface area (TPSA) is 26.3 Å². The lowest BCUT2D eigenvalue weighted by atomic mass is 9.77. The summed E-state index contributed by atoms with van der Waals surface area (Å²) in [5.74, 6) is 1.34. The van der Waals surface area contributed by atoms with Crippen LogP contribution in [0.15, 0.2) is 30.3 Å². The Balaban J connectivity index is 0.00000242. The standard InChI is InChI=1S/C18H27O2S.HI/c1-21(2)14-13-20-18(19)17(15-9-5-3-6-10-15)16-11-7-4-8-12-16;/h3,5-6,9-10,16-17H,4,7-8,11-14H2,1-2H3;1H/q+1;/p-1. The zero-order chi connectivity index (χ0) is 15.1. The van der Waals surface area contributed by atoms with Crippen molar-refractivity contribution in [1.82, 2.24) is 0 Å². The summed E-state index contributed by atoms with van der Waals surface area (Å²) < 4.78 is 5.59. The van der Waals surface area contributed by atoms with Gasteiger partial charge in [-0.15, -0.1) is 0 Å². The Morgan fingerprint density at radius 2 is 1.82 bits per heavy atom. The third-order valence-electron chi connectivity index (χ3n) is 4.27. The summed E-state index contributed by atoms with van der Waals surface area (Å²) in [6.45, 7) is 0.561. The average molecular weight is 434 g/mol. The van der Waals surface area contributed by atoms with Gasteiger partial charge in [-0.2, -0.15) is 0 Å². The molecular formula is C18H27IO2S. The monoisotopic (exact) mass is 434 g/mol. The van der Waals surface area contributed by atoms with E-state index in [2.05, 4.69) is 24.6 Å². The van der Waals surface area contributed by atoms with Crippen LogP contribution in [-0.2, 0) is 20.4 Å². The van der Waals surface area contributed by atoms with Crippen LogP contribution in [0.3, 0.4) is 0 Å². The molecule has 1 aliphatic rings. The maximum Gasteiger partial charge on any atom is 0.313 e. The van der Waals surface area contributed by atoms with E-state index in [1.165, 1.54) is 19.3 Å². The Labute approximate surface area is 154 Å². The van der Waals surface area contributed by atoms with Crippen molar-refractivity contribution in [3.8, 4) is 0 Å². The van der Waals surface area contributed by atoms with Crippen molar-refractivity contribution in [2.45, 2.75) is 38.0 Å². The summed E-state index contributed by atoms with van der Waals surface area (Å²) in [6, 6.07) is 10.2. The van der Waals surface area contributed by atoms with E-state index >= 15 is 0 Å². The number of rotatable bonds is 6. The largest absolute Gasteiger partial charge is 1.00 e. The lowest BCUT2D eigenvalue weighted by Gasteiger charge is -2.29. The highest BCUT2D eigenvalue weighted by Crippen LogP contribution is 2.36. The van der Waals surface area contributed by atoms with E-state index in [1.807, 2.05) is 18.2 Å². The van der Waals surface area contributed by atoms with Crippen molar-refractivity contribution < 1.29 is 33.5 Å². The maximum atomic E-state index is 12.6. The fourth-order valence-electron chi connectivity index (χ4n) is 3.13. The van der Waals surface area contributed by atoms with Crippen LogP contribution >= 0.6 is 0 Å². The molecule has 0 aromatic heterocycles. The molecule has 1 atom stereocenters. The van der Waals surface area contributed by atoms with E-state index in [0.29, 0.717) is 23.4 Å². The smallest absolute Gasteiger partial charge is 0.313 e. The third kappa shape index (κ3) is 6.11. The second-order valence-electron chi connectivity index (χ2n) is 6.14. The summed E-state index contributed by atoms with van der Waals surface area (Å²) in [5, 5.41) is 0. The van der Waals surface area contributed by atoms with Crippen molar-refractivity contribution in [3.63, 3.8) is 0 Å². The van der Waals surface area contributed by atoms with Crippen LogP contribution in [0.5, 0.6) is 0 Å². The summed E-state index contributed by atoms with van der Waals surface area (Å²) in [4.78, 5) is 12.6. The maximum absolute atomic E-state index is 12.6. The quantitative estimate of drug-likeness (QED) is 0.376. The predicted molar refractivity (Wildman–Crippen MR) is 90.8 cm³/mol. The van der Waals surface area contributed by atoms with Gasteiger partial charge in [0.15, 0.2) is 0 Å². The van der Waals surface area contributed by atoms with Gasteiger partial charge in [-0.05, 0) is 35.2 Å². The number of ether oxygens (including phenoxy) is 1. The van der Waals surface area contributed by atoms with Crippen LogP contribution in [0.4, 0.5) is 0 Å². The van der Waals surface area contributed by atoms with Gasteiger partial charge in [0, 0.05) is 0 Å². The Bertz CT molecular complexity index is 430. The molecule has 0 spiro atoms. The van der Waals surface area contributed by atoms with Gasteiger partial charge in [-0.1, -0.05) is 49.6 Å². The number of hydrogen-bond donors (Lipinski definition) is 0. The molecule has 1 aliphatic carbocycles. The second kappa shape index (κ2) is 10.5. The van der Waals surface area contributed by atoms with Crippen molar-refractivity contribution in [2.75, 3.05) is 24.9 Å². The molecule has 1 unspecified atom stereocenters. The van der Waals surface area contributed by atoms with Gasteiger partial charge in [-0.3, -0.25) is 4.79 Å².